The Balaban J connectivity index is 2.81. The SMILES string of the molecule is CCC(OC)C(O)c1ccnn1CC. The average molecular weight is 198 g/mol. The van der Waals surface area contributed by atoms with Crippen molar-refractivity contribution in [3.05, 3.63) is 18.0 Å². The van der Waals surface area contributed by atoms with Gasteiger partial charge in [-0.15, -0.1) is 0 Å². The third kappa shape index (κ3) is 2.13. The summed E-state index contributed by atoms with van der Waals surface area (Å²) in [6.45, 7) is 4.75. The molecule has 0 aliphatic carbocycles. The molecule has 0 saturated carbocycles. The molecule has 0 fully saturated rings. The highest BCUT2D eigenvalue weighted by Crippen LogP contribution is 2.20. The van der Waals surface area contributed by atoms with Crippen LogP contribution >= 0.6 is 0 Å². The van der Waals surface area contributed by atoms with Crippen LogP contribution in [-0.2, 0) is 11.3 Å². The van der Waals surface area contributed by atoms with Crippen LogP contribution in [0.1, 0.15) is 32.1 Å². The van der Waals surface area contributed by atoms with Crippen LogP contribution in [0.15, 0.2) is 12.3 Å². The Kier molecular flexibility index (Phi) is 4.10. The number of hydrogen-bond acceptors (Lipinski definition) is 3. The van der Waals surface area contributed by atoms with Crippen LogP contribution in [0.25, 0.3) is 0 Å². The second-order valence-electron chi connectivity index (χ2n) is 3.20. The lowest BCUT2D eigenvalue weighted by Crippen LogP contribution is -2.22. The lowest BCUT2D eigenvalue weighted by Gasteiger charge is -2.20. The molecule has 2 atom stereocenters. The van der Waals surface area contributed by atoms with Crippen molar-refractivity contribution in [2.75, 3.05) is 7.11 Å². The van der Waals surface area contributed by atoms with Gasteiger partial charge in [0.25, 0.3) is 0 Å². The standard InChI is InChI=1S/C10H18N2O2/c1-4-9(14-3)10(13)8-6-7-11-12(8)5-2/h6-7,9-10,13H,4-5H2,1-3H3. The zero-order valence-corrected chi connectivity index (χ0v) is 8.97. The molecule has 1 aromatic rings. The number of aromatic nitrogens is 2. The van der Waals surface area contributed by atoms with Crippen LogP contribution in [0.2, 0.25) is 0 Å². The molecule has 0 aliphatic rings. The average Bonchev–Trinajstić information content (AvgIpc) is 2.67. The Morgan fingerprint density at radius 1 is 1.57 bits per heavy atom. The molecule has 0 saturated heterocycles. The summed E-state index contributed by atoms with van der Waals surface area (Å²) in [7, 11) is 1.62. The maximum absolute atomic E-state index is 10.00. The van der Waals surface area contributed by atoms with Crippen LogP contribution in [-0.4, -0.2) is 28.1 Å². The Labute approximate surface area is 84.5 Å². The topological polar surface area (TPSA) is 47.3 Å². The zero-order valence-electron chi connectivity index (χ0n) is 8.97. The molecule has 4 nitrogen and oxygen atoms in total. The fourth-order valence-electron chi connectivity index (χ4n) is 1.57. The molecule has 80 valence electrons. The maximum atomic E-state index is 10.00. The van der Waals surface area contributed by atoms with Crippen LogP contribution in [0.3, 0.4) is 0 Å². The van der Waals surface area contributed by atoms with E-state index in [0.29, 0.717) is 0 Å². The van der Waals surface area contributed by atoms with Crippen LogP contribution in [0.5, 0.6) is 0 Å². The van der Waals surface area contributed by atoms with Gasteiger partial charge in [0, 0.05) is 19.9 Å². The molecule has 1 rings (SSSR count). The quantitative estimate of drug-likeness (QED) is 0.777. The van der Waals surface area contributed by atoms with E-state index in [1.165, 1.54) is 0 Å². The van der Waals surface area contributed by atoms with Gasteiger partial charge in [0.05, 0.1) is 11.8 Å². The Morgan fingerprint density at radius 3 is 2.79 bits per heavy atom. The maximum Gasteiger partial charge on any atom is 0.122 e. The molecule has 0 bridgehead atoms. The fraction of sp³-hybridized carbons (Fsp3) is 0.700. The van der Waals surface area contributed by atoms with E-state index in [-0.39, 0.29) is 6.10 Å². The molecule has 1 N–H and O–H groups in total. The van der Waals surface area contributed by atoms with Gasteiger partial charge in [-0.25, -0.2) is 0 Å². The van der Waals surface area contributed by atoms with E-state index in [9.17, 15) is 5.11 Å². The molecule has 14 heavy (non-hydrogen) atoms. The largest absolute Gasteiger partial charge is 0.384 e. The van der Waals surface area contributed by atoms with Crippen LogP contribution in [0, 0.1) is 0 Å². The normalized spacial score (nSPS) is 15.4. The molecular formula is C10H18N2O2. The van der Waals surface area contributed by atoms with E-state index in [0.717, 1.165) is 18.7 Å². The number of hydrogen-bond donors (Lipinski definition) is 1. The van der Waals surface area contributed by atoms with Gasteiger partial charge in [0.15, 0.2) is 0 Å². The minimum atomic E-state index is -0.590. The number of ether oxygens (including phenoxy) is 1. The van der Waals surface area contributed by atoms with Crippen LogP contribution < -0.4 is 0 Å². The Bertz CT molecular complexity index is 269. The molecule has 1 aromatic heterocycles. The van der Waals surface area contributed by atoms with Crippen molar-refractivity contribution in [1.82, 2.24) is 9.78 Å². The van der Waals surface area contributed by atoms with Crippen molar-refractivity contribution >= 4 is 0 Å². The smallest absolute Gasteiger partial charge is 0.122 e. The second kappa shape index (κ2) is 5.12. The number of methoxy groups -OCH3 is 1. The zero-order chi connectivity index (χ0) is 10.6. The van der Waals surface area contributed by atoms with E-state index in [1.807, 2.05) is 19.9 Å². The predicted octanol–water partition coefficient (Wildman–Crippen LogP) is 1.36. The molecule has 0 radical (unpaired) electrons. The van der Waals surface area contributed by atoms with Gasteiger partial charge < -0.3 is 9.84 Å². The Hall–Kier alpha value is -0.870. The number of nitrogens with zero attached hydrogens (tertiary/aromatic N) is 2. The Morgan fingerprint density at radius 2 is 2.29 bits per heavy atom. The molecule has 1 heterocycles. The predicted molar refractivity (Wildman–Crippen MR) is 53.9 cm³/mol. The molecule has 0 aromatic carbocycles. The minimum Gasteiger partial charge on any atom is -0.384 e. The summed E-state index contributed by atoms with van der Waals surface area (Å²) < 4.78 is 6.98. The van der Waals surface area contributed by atoms with Crippen molar-refractivity contribution in [1.29, 1.82) is 0 Å². The lowest BCUT2D eigenvalue weighted by molar-refractivity contribution is -0.0189. The number of rotatable bonds is 5. The van der Waals surface area contributed by atoms with E-state index in [2.05, 4.69) is 5.10 Å². The molecule has 0 amide bonds. The molecular weight excluding hydrogens is 180 g/mol. The highest BCUT2D eigenvalue weighted by Gasteiger charge is 2.21. The van der Waals surface area contributed by atoms with Crippen molar-refractivity contribution in [2.24, 2.45) is 0 Å². The highest BCUT2D eigenvalue weighted by atomic mass is 16.5. The molecule has 0 spiro atoms. The van der Waals surface area contributed by atoms with Gasteiger partial charge in [0.2, 0.25) is 0 Å². The number of aliphatic hydroxyl groups excluding tert-OH is 1. The van der Waals surface area contributed by atoms with E-state index in [4.69, 9.17) is 4.74 Å². The molecule has 4 heteroatoms. The first-order valence-electron chi connectivity index (χ1n) is 4.97. The summed E-state index contributed by atoms with van der Waals surface area (Å²) in [5, 5.41) is 14.1. The summed E-state index contributed by atoms with van der Waals surface area (Å²) in [6, 6.07) is 1.83. The van der Waals surface area contributed by atoms with Gasteiger partial charge in [-0.1, -0.05) is 6.92 Å². The monoisotopic (exact) mass is 198 g/mol. The van der Waals surface area contributed by atoms with E-state index >= 15 is 0 Å². The number of aryl methyl sites for hydroxylation is 1. The van der Waals surface area contributed by atoms with Crippen molar-refractivity contribution in [2.45, 2.75) is 39.0 Å². The first kappa shape index (κ1) is 11.2. The van der Waals surface area contributed by atoms with Crippen LogP contribution in [0.4, 0.5) is 0 Å². The first-order valence-corrected chi connectivity index (χ1v) is 4.97. The second-order valence-corrected chi connectivity index (χ2v) is 3.20. The van der Waals surface area contributed by atoms with Gasteiger partial charge >= 0.3 is 0 Å². The summed E-state index contributed by atoms with van der Waals surface area (Å²) in [4.78, 5) is 0. The summed E-state index contributed by atoms with van der Waals surface area (Å²) in [5.41, 5.74) is 0.821. The third-order valence-corrected chi connectivity index (χ3v) is 2.41. The van der Waals surface area contributed by atoms with Gasteiger partial charge in [-0.05, 0) is 19.4 Å². The minimum absolute atomic E-state index is 0.156. The van der Waals surface area contributed by atoms with E-state index < -0.39 is 6.10 Å². The summed E-state index contributed by atoms with van der Waals surface area (Å²) in [6.07, 6.45) is 1.74. The van der Waals surface area contributed by atoms with Gasteiger partial charge in [-0.3, -0.25) is 4.68 Å². The summed E-state index contributed by atoms with van der Waals surface area (Å²) >= 11 is 0. The first-order chi connectivity index (χ1) is 6.74. The van der Waals surface area contributed by atoms with Crippen molar-refractivity contribution < 1.29 is 9.84 Å². The molecule has 2 unspecified atom stereocenters. The summed E-state index contributed by atoms with van der Waals surface area (Å²) in [5.74, 6) is 0. The fourth-order valence-corrected chi connectivity index (χ4v) is 1.57. The lowest BCUT2D eigenvalue weighted by atomic mass is 10.1. The van der Waals surface area contributed by atoms with Gasteiger partial charge in [-0.2, -0.15) is 5.10 Å². The highest BCUT2D eigenvalue weighted by molar-refractivity contribution is 5.06. The third-order valence-electron chi connectivity index (χ3n) is 2.41. The van der Waals surface area contributed by atoms with Gasteiger partial charge in [0.1, 0.15) is 6.10 Å². The number of aliphatic hydroxyl groups is 1. The van der Waals surface area contributed by atoms with Crippen molar-refractivity contribution in [3.8, 4) is 0 Å². The molecule has 0 aliphatic heterocycles. The van der Waals surface area contributed by atoms with E-state index in [1.54, 1.807) is 18.0 Å². The van der Waals surface area contributed by atoms with Crippen molar-refractivity contribution in [3.63, 3.8) is 0 Å².